The van der Waals surface area contributed by atoms with E-state index in [-0.39, 0.29) is 48.8 Å². The first-order valence-electron chi connectivity index (χ1n) is 8.84. The van der Waals surface area contributed by atoms with Crippen molar-refractivity contribution in [3.8, 4) is 0 Å². The van der Waals surface area contributed by atoms with Crippen molar-refractivity contribution in [3.05, 3.63) is 59.4 Å². The second kappa shape index (κ2) is 8.78. The zero-order valence-corrected chi connectivity index (χ0v) is 16.8. The minimum atomic E-state index is -4.22. The lowest BCUT2D eigenvalue weighted by Gasteiger charge is -2.33. The van der Waals surface area contributed by atoms with E-state index < -0.39 is 28.0 Å². The summed E-state index contributed by atoms with van der Waals surface area (Å²) in [7, 11) is -3.09. The highest BCUT2D eigenvalue weighted by molar-refractivity contribution is 7.90. The van der Waals surface area contributed by atoms with E-state index in [0.717, 1.165) is 35.7 Å². The summed E-state index contributed by atoms with van der Waals surface area (Å²) < 4.78 is 52.2. The second-order valence-corrected chi connectivity index (χ2v) is 8.10. The fourth-order valence-corrected chi connectivity index (χ4v) is 4.57. The van der Waals surface area contributed by atoms with E-state index in [2.05, 4.69) is 4.74 Å². The minimum Gasteiger partial charge on any atom is -0.478 e. The molecule has 0 saturated carbocycles. The third-order valence-corrected chi connectivity index (χ3v) is 6.31. The van der Waals surface area contributed by atoms with Crippen molar-refractivity contribution in [1.29, 1.82) is 0 Å². The Kier molecular flexibility index (Phi) is 6.34. The molecule has 1 fully saturated rings. The van der Waals surface area contributed by atoms with Crippen LogP contribution in [0.1, 0.15) is 20.7 Å². The summed E-state index contributed by atoms with van der Waals surface area (Å²) >= 11 is 0. The van der Waals surface area contributed by atoms with Crippen molar-refractivity contribution in [2.45, 2.75) is 0 Å². The Labute approximate surface area is 172 Å². The summed E-state index contributed by atoms with van der Waals surface area (Å²) in [5.41, 5.74) is -0.483. The van der Waals surface area contributed by atoms with E-state index in [0.29, 0.717) is 0 Å². The number of esters is 1. The van der Waals surface area contributed by atoms with Crippen LogP contribution in [0.25, 0.3) is 0 Å². The summed E-state index contributed by atoms with van der Waals surface area (Å²) in [6.45, 7) is 0.559. The molecule has 9 nitrogen and oxygen atoms in total. The summed E-state index contributed by atoms with van der Waals surface area (Å²) in [5, 5.41) is 9.43. The molecule has 0 unspecified atom stereocenters. The number of morpholine rings is 1. The van der Waals surface area contributed by atoms with E-state index in [1.165, 1.54) is 22.5 Å². The molecule has 30 heavy (non-hydrogen) atoms. The lowest BCUT2D eigenvalue weighted by Crippen LogP contribution is -2.47. The number of anilines is 2. The maximum Gasteiger partial charge on any atom is 0.337 e. The van der Waals surface area contributed by atoms with Gasteiger partial charge in [0, 0.05) is 13.1 Å². The number of nitrogens with zero attached hydrogens (tertiary/aromatic N) is 2. The van der Waals surface area contributed by atoms with Crippen molar-refractivity contribution >= 4 is 33.5 Å². The minimum absolute atomic E-state index is 0.0706. The molecular weight excluding hydrogens is 419 g/mol. The number of carboxylic acid groups (broad SMARTS) is 1. The number of carbonyl (C=O) groups excluding carboxylic acids is 1. The molecule has 0 bridgehead atoms. The van der Waals surface area contributed by atoms with Crippen molar-refractivity contribution in [2.24, 2.45) is 0 Å². The zero-order valence-electron chi connectivity index (χ0n) is 15.9. The van der Waals surface area contributed by atoms with Crippen molar-refractivity contribution in [3.63, 3.8) is 0 Å². The van der Waals surface area contributed by atoms with E-state index >= 15 is 0 Å². The molecule has 1 saturated heterocycles. The molecule has 11 heteroatoms. The van der Waals surface area contributed by atoms with E-state index in [4.69, 9.17) is 4.74 Å². The molecule has 2 aromatic carbocycles. The maximum absolute atomic E-state index is 13.5. The number of ether oxygens (including phenoxy) is 2. The van der Waals surface area contributed by atoms with Crippen LogP contribution in [0.15, 0.2) is 42.5 Å². The number of halogens is 1. The van der Waals surface area contributed by atoms with Gasteiger partial charge < -0.3 is 14.6 Å². The van der Waals surface area contributed by atoms with Gasteiger partial charge in [-0.15, -0.1) is 0 Å². The molecule has 2 aromatic rings. The molecule has 1 N–H and O–H groups in total. The van der Waals surface area contributed by atoms with Crippen LogP contribution >= 0.6 is 0 Å². The Morgan fingerprint density at radius 2 is 1.67 bits per heavy atom. The normalized spacial score (nSPS) is 14.9. The van der Waals surface area contributed by atoms with Crippen LogP contribution in [0.5, 0.6) is 0 Å². The van der Waals surface area contributed by atoms with Gasteiger partial charge in [0.25, 0.3) is 0 Å². The summed E-state index contributed by atoms with van der Waals surface area (Å²) in [4.78, 5) is 23.6. The topological polar surface area (TPSA) is 113 Å². The van der Waals surface area contributed by atoms with Crippen LogP contribution in [0, 0.1) is 5.82 Å². The molecule has 0 aromatic heterocycles. The highest BCUT2D eigenvalue weighted by Gasteiger charge is 2.33. The predicted octanol–water partition coefficient (Wildman–Crippen LogP) is 2.03. The van der Waals surface area contributed by atoms with Gasteiger partial charge in [-0.05, 0) is 42.5 Å². The number of hydrogen-bond donors (Lipinski definition) is 1. The molecule has 0 aliphatic carbocycles. The quantitative estimate of drug-likeness (QED) is 0.687. The molecule has 1 heterocycles. The van der Waals surface area contributed by atoms with Gasteiger partial charge in [-0.1, -0.05) is 0 Å². The number of carboxylic acids is 1. The van der Waals surface area contributed by atoms with Crippen molar-refractivity contribution in [2.75, 3.05) is 37.7 Å². The molecule has 0 atom stereocenters. The largest absolute Gasteiger partial charge is 0.478 e. The van der Waals surface area contributed by atoms with Crippen molar-refractivity contribution < 1.29 is 37.0 Å². The fraction of sp³-hybridized carbons (Fsp3) is 0.263. The Morgan fingerprint density at radius 3 is 2.23 bits per heavy atom. The average molecular weight is 438 g/mol. The fourth-order valence-electron chi connectivity index (χ4n) is 2.97. The number of aromatic carboxylic acids is 1. The van der Waals surface area contributed by atoms with Gasteiger partial charge in [0.15, 0.2) is 0 Å². The first-order chi connectivity index (χ1) is 14.2. The van der Waals surface area contributed by atoms with Gasteiger partial charge in [-0.25, -0.2) is 18.3 Å². The maximum atomic E-state index is 13.5. The smallest absolute Gasteiger partial charge is 0.337 e. The van der Waals surface area contributed by atoms with Crippen LogP contribution in [0.3, 0.4) is 0 Å². The first-order valence-corrected chi connectivity index (χ1v) is 10.2. The van der Waals surface area contributed by atoms with Gasteiger partial charge in [0.1, 0.15) is 5.82 Å². The van der Waals surface area contributed by atoms with Gasteiger partial charge in [-0.2, -0.15) is 12.7 Å². The van der Waals surface area contributed by atoms with Crippen LogP contribution in [0.2, 0.25) is 0 Å². The molecule has 160 valence electrons. The van der Waals surface area contributed by atoms with Gasteiger partial charge in [0.2, 0.25) is 0 Å². The molecular formula is C19H19FN2O7S. The Balaban J connectivity index is 2.22. The van der Waals surface area contributed by atoms with E-state index in [1.54, 1.807) is 0 Å². The van der Waals surface area contributed by atoms with E-state index in [1.807, 2.05) is 0 Å². The number of carbonyl (C=O) groups is 2. The molecule has 0 radical (unpaired) electrons. The van der Waals surface area contributed by atoms with Crippen LogP contribution in [-0.4, -0.2) is 63.2 Å². The zero-order chi connectivity index (χ0) is 21.9. The third kappa shape index (κ3) is 4.42. The van der Waals surface area contributed by atoms with E-state index in [9.17, 15) is 27.5 Å². The standard InChI is InChI=1S/C19H19FN2O7S/c1-28-19(25)14-10-13(18(23)24)11-17(12-14)22(16-4-2-15(20)3-5-16)30(26,27)21-6-8-29-9-7-21/h2-5,10-12H,6-9H2,1H3,(H,23,24). The predicted molar refractivity (Wildman–Crippen MR) is 105 cm³/mol. The van der Waals surface area contributed by atoms with Crippen molar-refractivity contribution in [1.82, 2.24) is 4.31 Å². The highest BCUT2D eigenvalue weighted by atomic mass is 32.2. The van der Waals surface area contributed by atoms with Crippen LogP contribution < -0.4 is 4.31 Å². The molecule has 1 aliphatic heterocycles. The number of benzene rings is 2. The molecule has 3 rings (SSSR count). The Morgan fingerprint density at radius 1 is 1.07 bits per heavy atom. The van der Waals surface area contributed by atoms with Gasteiger partial charge in [0.05, 0.1) is 42.8 Å². The van der Waals surface area contributed by atoms with Gasteiger partial charge >= 0.3 is 22.1 Å². The average Bonchev–Trinajstić information content (AvgIpc) is 2.75. The summed E-state index contributed by atoms with van der Waals surface area (Å²) in [6, 6.07) is 8.08. The van der Waals surface area contributed by atoms with Gasteiger partial charge in [-0.3, -0.25) is 0 Å². The monoisotopic (exact) mass is 438 g/mol. The first kappa shape index (κ1) is 21.7. The third-order valence-electron chi connectivity index (χ3n) is 4.41. The lowest BCUT2D eigenvalue weighted by atomic mass is 10.1. The molecule has 1 aliphatic rings. The number of hydrogen-bond acceptors (Lipinski definition) is 6. The second-order valence-electron chi connectivity index (χ2n) is 6.33. The number of rotatable bonds is 6. The Bertz CT molecular complexity index is 1050. The Hall–Kier alpha value is -3.02. The molecule has 0 spiro atoms. The number of methoxy groups -OCH3 is 1. The SMILES string of the molecule is COC(=O)c1cc(C(=O)O)cc(N(c2ccc(F)cc2)S(=O)(=O)N2CCOCC2)c1. The summed E-state index contributed by atoms with van der Waals surface area (Å²) in [5.74, 6) is -2.76. The van der Waals surface area contributed by atoms with Crippen LogP contribution in [0.4, 0.5) is 15.8 Å². The highest BCUT2D eigenvalue weighted by Crippen LogP contribution is 2.33. The van der Waals surface area contributed by atoms with Crippen LogP contribution in [-0.2, 0) is 19.7 Å². The lowest BCUT2D eigenvalue weighted by molar-refractivity contribution is 0.0600. The summed E-state index contributed by atoms with van der Waals surface area (Å²) in [6.07, 6.45) is 0. The molecule has 0 amide bonds.